The largest absolute Gasteiger partial charge is 0.352 e. The highest BCUT2D eigenvalue weighted by molar-refractivity contribution is 5.94. The number of likely N-dealkylation sites (tertiary alicyclic amines) is 1. The van der Waals surface area contributed by atoms with E-state index in [1.54, 1.807) is 0 Å². The molecule has 2 aromatic carbocycles. The van der Waals surface area contributed by atoms with E-state index in [4.69, 9.17) is 0 Å². The minimum atomic E-state index is -0.0592. The van der Waals surface area contributed by atoms with Crippen molar-refractivity contribution in [3.8, 4) is 0 Å². The van der Waals surface area contributed by atoms with Crippen molar-refractivity contribution in [2.75, 3.05) is 44.6 Å². The number of piperidine rings is 1. The zero-order chi connectivity index (χ0) is 24.3. The fourth-order valence-electron chi connectivity index (χ4n) is 4.54. The summed E-state index contributed by atoms with van der Waals surface area (Å²) in [5.41, 5.74) is 3.89. The Morgan fingerprint density at radius 3 is 2.53 bits per heavy atom. The third-order valence-electron chi connectivity index (χ3n) is 6.77. The number of benzene rings is 2. The summed E-state index contributed by atoms with van der Waals surface area (Å²) in [5.74, 6) is 0.208. The summed E-state index contributed by atoms with van der Waals surface area (Å²) < 4.78 is 0. The minimum absolute atomic E-state index is 0.0256. The van der Waals surface area contributed by atoms with Crippen molar-refractivity contribution in [1.82, 2.24) is 15.1 Å². The van der Waals surface area contributed by atoms with Gasteiger partial charge >= 0.3 is 6.03 Å². The van der Waals surface area contributed by atoms with Gasteiger partial charge < -0.3 is 20.4 Å². The summed E-state index contributed by atoms with van der Waals surface area (Å²) in [7, 11) is 0. The van der Waals surface area contributed by atoms with Crippen LogP contribution in [-0.4, -0.2) is 61.0 Å². The van der Waals surface area contributed by atoms with E-state index in [0.29, 0.717) is 18.7 Å². The van der Waals surface area contributed by atoms with Crippen molar-refractivity contribution in [3.05, 3.63) is 65.2 Å². The van der Waals surface area contributed by atoms with E-state index in [0.717, 1.165) is 63.1 Å². The fourth-order valence-corrected chi connectivity index (χ4v) is 4.54. The first-order valence-corrected chi connectivity index (χ1v) is 12.8. The van der Waals surface area contributed by atoms with E-state index in [2.05, 4.69) is 54.5 Å². The quantitative estimate of drug-likeness (QED) is 0.480. The van der Waals surface area contributed by atoms with Gasteiger partial charge in [-0.25, -0.2) is 4.79 Å². The maximum Gasteiger partial charge on any atom is 0.321 e. The topological polar surface area (TPSA) is 64.7 Å². The molecule has 2 N–H and O–H groups in total. The molecule has 0 saturated carbocycles. The van der Waals surface area contributed by atoms with Crippen LogP contribution in [0.1, 0.15) is 67.4 Å². The van der Waals surface area contributed by atoms with Crippen molar-refractivity contribution in [1.29, 1.82) is 0 Å². The maximum atomic E-state index is 12.9. The second-order valence-electron chi connectivity index (χ2n) is 9.03. The number of aryl methyl sites for hydroxylation is 1. The number of nitrogens with zero attached hydrogens (tertiary/aromatic N) is 2. The van der Waals surface area contributed by atoms with Crippen molar-refractivity contribution in [2.45, 2.75) is 52.4 Å². The highest BCUT2D eigenvalue weighted by Gasteiger charge is 2.25. The van der Waals surface area contributed by atoms with Crippen LogP contribution in [0.15, 0.2) is 48.5 Å². The van der Waals surface area contributed by atoms with E-state index in [-0.39, 0.29) is 17.9 Å². The molecule has 1 aliphatic heterocycles. The van der Waals surface area contributed by atoms with Crippen LogP contribution in [0.4, 0.5) is 10.5 Å². The number of carbonyl (C=O) groups excluding carboxylic acids is 2. The molecule has 3 amide bonds. The summed E-state index contributed by atoms with van der Waals surface area (Å²) in [6.07, 6.45) is 3.90. The number of hydrogen-bond donors (Lipinski definition) is 2. The lowest BCUT2D eigenvalue weighted by Crippen LogP contribution is -2.41. The van der Waals surface area contributed by atoms with Gasteiger partial charge in [0.05, 0.1) is 0 Å². The zero-order valence-electron chi connectivity index (χ0n) is 21.0. The van der Waals surface area contributed by atoms with Crippen LogP contribution in [0.3, 0.4) is 0 Å². The molecule has 0 aromatic heterocycles. The minimum Gasteiger partial charge on any atom is -0.352 e. The van der Waals surface area contributed by atoms with Crippen LogP contribution in [-0.2, 0) is 6.42 Å². The lowest BCUT2D eigenvalue weighted by molar-refractivity contribution is 0.0951. The highest BCUT2D eigenvalue weighted by Crippen LogP contribution is 2.28. The molecule has 34 heavy (non-hydrogen) atoms. The van der Waals surface area contributed by atoms with Crippen LogP contribution in [0.5, 0.6) is 0 Å². The first kappa shape index (κ1) is 25.8. The Balaban J connectivity index is 1.54. The Morgan fingerprint density at radius 2 is 1.82 bits per heavy atom. The molecule has 2 aromatic rings. The average Bonchev–Trinajstić information content (AvgIpc) is 2.89. The van der Waals surface area contributed by atoms with Crippen molar-refractivity contribution >= 4 is 17.6 Å². The van der Waals surface area contributed by atoms with Gasteiger partial charge in [-0.05, 0) is 80.7 Å². The van der Waals surface area contributed by atoms with Crippen LogP contribution < -0.4 is 10.6 Å². The molecule has 0 bridgehead atoms. The number of hydrogen-bond acceptors (Lipinski definition) is 3. The van der Waals surface area contributed by atoms with Gasteiger partial charge in [0.15, 0.2) is 0 Å². The number of anilines is 1. The van der Waals surface area contributed by atoms with Crippen LogP contribution >= 0.6 is 0 Å². The monoisotopic (exact) mass is 464 g/mol. The molecule has 6 nitrogen and oxygen atoms in total. The van der Waals surface area contributed by atoms with E-state index in [1.165, 1.54) is 5.56 Å². The Morgan fingerprint density at radius 1 is 1.06 bits per heavy atom. The SMILES string of the molecule is CCc1ccc(NC(=O)N2CCC[C@H](c3cccc(C(=O)NCCCN(CC)CC)c3)C2)cc1. The van der Waals surface area contributed by atoms with Gasteiger partial charge in [-0.15, -0.1) is 0 Å². The molecule has 1 aliphatic rings. The molecule has 6 heteroatoms. The van der Waals surface area contributed by atoms with E-state index < -0.39 is 0 Å². The molecule has 1 atom stereocenters. The van der Waals surface area contributed by atoms with E-state index in [1.807, 2.05) is 35.2 Å². The molecule has 0 unspecified atom stereocenters. The van der Waals surface area contributed by atoms with E-state index >= 15 is 0 Å². The third-order valence-corrected chi connectivity index (χ3v) is 6.77. The summed E-state index contributed by atoms with van der Waals surface area (Å²) in [6.45, 7) is 11.6. The molecule has 0 aliphatic carbocycles. The van der Waals surface area contributed by atoms with Gasteiger partial charge in [0.1, 0.15) is 0 Å². The Bertz CT molecular complexity index is 924. The molecule has 1 fully saturated rings. The number of amides is 3. The first-order chi connectivity index (χ1) is 16.5. The second kappa shape index (κ2) is 13.1. The zero-order valence-corrected chi connectivity index (χ0v) is 21.0. The molecule has 0 radical (unpaired) electrons. The lowest BCUT2D eigenvalue weighted by atomic mass is 9.89. The fraction of sp³-hybridized carbons (Fsp3) is 0.500. The predicted molar refractivity (Wildman–Crippen MR) is 140 cm³/mol. The Kier molecular flexibility index (Phi) is 9.95. The maximum absolute atomic E-state index is 12.9. The summed E-state index contributed by atoms with van der Waals surface area (Å²) in [6, 6.07) is 15.9. The molecule has 0 spiro atoms. The van der Waals surface area contributed by atoms with Crippen molar-refractivity contribution < 1.29 is 9.59 Å². The standard InChI is InChI=1S/C28H40N4O2/c1-4-22-13-15-26(16-14-22)30-28(34)32-19-8-12-25(21-32)23-10-7-11-24(20-23)27(33)29-17-9-18-31(5-2)6-3/h7,10-11,13-16,20,25H,4-6,8-9,12,17-19,21H2,1-3H3,(H,29,33)(H,30,34)/t25-/m0/s1. The molecule has 3 rings (SSSR count). The summed E-state index contributed by atoms with van der Waals surface area (Å²) >= 11 is 0. The van der Waals surface area contributed by atoms with Gasteiger partial charge in [-0.2, -0.15) is 0 Å². The highest BCUT2D eigenvalue weighted by atomic mass is 16.2. The van der Waals surface area contributed by atoms with Gasteiger partial charge in [-0.1, -0.05) is 45.0 Å². The average molecular weight is 465 g/mol. The van der Waals surface area contributed by atoms with Gasteiger partial charge in [0.2, 0.25) is 0 Å². The summed E-state index contributed by atoms with van der Waals surface area (Å²) in [5, 5.41) is 6.08. The lowest BCUT2D eigenvalue weighted by Gasteiger charge is -2.33. The molecule has 1 saturated heterocycles. The second-order valence-corrected chi connectivity index (χ2v) is 9.03. The van der Waals surface area contributed by atoms with Crippen LogP contribution in [0, 0.1) is 0 Å². The number of carbonyl (C=O) groups is 2. The predicted octanol–water partition coefficient (Wildman–Crippen LogP) is 5.12. The van der Waals surface area contributed by atoms with Gasteiger partial charge in [0.25, 0.3) is 5.91 Å². The normalized spacial score (nSPS) is 15.9. The van der Waals surface area contributed by atoms with Crippen LogP contribution in [0.2, 0.25) is 0 Å². The Labute approximate surface area is 204 Å². The first-order valence-electron chi connectivity index (χ1n) is 12.8. The molecule has 1 heterocycles. The number of rotatable bonds is 10. The molecule has 184 valence electrons. The molecular weight excluding hydrogens is 424 g/mol. The third kappa shape index (κ3) is 7.32. The summed E-state index contributed by atoms with van der Waals surface area (Å²) in [4.78, 5) is 29.8. The smallest absolute Gasteiger partial charge is 0.321 e. The number of urea groups is 1. The van der Waals surface area contributed by atoms with Crippen molar-refractivity contribution in [2.24, 2.45) is 0 Å². The van der Waals surface area contributed by atoms with Gasteiger partial charge in [0, 0.05) is 36.8 Å². The Hall–Kier alpha value is -2.86. The van der Waals surface area contributed by atoms with Crippen molar-refractivity contribution in [3.63, 3.8) is 0 Å². The van der Waals surface area contributed by atoms with Crippen LogP contribution in [0.25, 0.3) is 0 Å². The van der Waals surface area contributed by atoms with E-state index in [9.17, 15) is 9.59 Å². The molecular formula is C28H40N4O2. The van der Waals surface area contributed by atoms with Gasteiger partial charge in [-0.3, -0.25) is 4.79 Å². The number of nitrogens with one attached hydrogen (secondary N) is 2.